The maximum absolute atomic E-state index is 13.8. The second-order valence-corrected chi connectivity index (χ2v) is 10.0. The molecule has 0 fully saturated rings. The fraction of sp³-hybridized carbons (Fsp3) is 0.100. The van der Waals surface area contributed by atoms with Crippen LogP contribution in [0.3, 0.4) is 0 Å². The lowest BCUT2D eigenvalue weighted by atomic mass is 10.2. The van der Waals surface area contributed by atoms with E-state index in [-0.39, 0.29) is 4.90 Å². The summed E-state index contributed by atoms with van der Waals surface area (Å²) in [6.07, 6.45) is 0. The van der Waals surface area contributed by atoms with Crippen LogP contribution in [0.5, 0.6) is 0 Å². The molecule has 0 radical (unpaired) electrons. The van der Waals surface area contributed by atoms with Gasteiger partial charge in [0.15, 0.2) is 0 Å². The lowest BCUT2D eigenvalue weighted by Crippen LogP contribution is -2.07. The van der Waals surface area contributed by atoms with Crippen molar-refractivity contribution < 1.29 is 12.6 Å². The number of aryl methyl sites for hydroxylation is 2. The van der Waals surface area contributed by atoms with Crippen molar-refractivity contribution in [3.05, 3.63) is 90.0 Å². The zero-order valence-electron chi connectivity index (χ0n) is 14.5. The van der Waals surface area contributed by atoms with E-state index in [0.717, 1.165) is 11.1 Å². The first kappa shape index (κ1) is 18.4. The molecule has 0 heterocycles. The molecule has 1 unspecified atom stereocenters. The van der Waals surface area contributed by atoms with Crippen LogP contribution in [0.25, 0.3) is 0 Å². The molecule has 26 heavy (non-hydrogen) atoms. The van der Waals surface area contributed by atoms with Crippen LogP contribution in [0.1, 0.15) is 11.1 Å². The molecule has 0 aliphatic heterocycles. The van der Waals surface area contributed by atoms with Crippen molar-refractivity contribution in [3.8, 4) is 0 Å². The fourth-order valence-electron chi connectivity index (χ4n) is 2.44. The van der Waals surface area contributed by atoms with Crippen molar-refractivity contribution in [2.75, 3.05) is 0 Å². The van der Waals surface area contributed by atoms with Gasteiger partial charge in [-0.1, -0.05) is 57.4 Å². The Balaban J connectivity index is 2.27. The highest BCUT2D eigenvalue weighted by atomic mass is 32.3. The highest BCUT2D eigenvalue weighted by Gasteiger charge is 2.22. The molecule has 0 aromatic heterocycles. The van der Waals surface area contributed by atoms with Gasteiger partial charge in [0.05, 0.1) is 14.7 Å². The summed E-state index contributed by atoms with van der Waals surface area (Å²) >= 11 is 0. The summed E-state index contributed by atoms with van der Waals surface area (Å²) in [5.41, 5.74) is 1.93. The van der Waals surface area contributed by atoms with Crippen LogP contribution >= 0.6 is 0 Å². The van der Waals surface area contributed by atoms with Crippen LogP contribution in [-0.2, 0) is 19.8 Å². The molecule has 0 saturated heterocycles. The Labute approximate surface area is 154 Å². The molecule has 0 saturated carbocycles. The second-order valence-electron chi connectivity index (χ2n) is 6.01. The van der Waals surface area contributed by atoms with Gasteiger partial charge in [-0.05, 0) is 50.2 Å². The van der Waals surface area contributed by atoms with Gasteiger partial charge in [0.25, 0.3) is 10.0 Å². The standard InChI is InChI=1S/C20H19NO3S2/c1-16-8-12-19(13-9-16)25(22,18-6-4-3-5-7-18)21-26(23,24)20-14-10-17(2)11-15-20/h3-15H,1-2H3. The van der Waals surface area contributed by atoms with Crippen LogP contribution in [0.4, 0.5) is 0 Å². The van der Waals surface area contributed by atoms with E-state index < -0.39 is 19.8 Å². The molecular formula is C20H19NO3S2. The van der Waals surface area contributed by atoms with Crippen LogP contribution < -0.4 is 0 Å². The first-order valence-electron chi connectivity index (χ1n) is 8.03. The van der Waals surface area contributed by atoms with Gasteiger partial charge >= 0.3 is 0 Å². The number of rotatable bonds is 4. The summed E-state index contributed by atoms with van der Waals surface area (Å²) in [5.74, 6) is 0. The van der Waals surface area contributed by atoms with E-state index in [1.54, 1.807) is 66.7 Å². The summed E-state index contributed by atoms with van der Waals surface area (Å²) in [6.45, 7) is 3.78. The van der Waals surface area contributed by atoms with Crippen molar-refractivity contribution in [1.82, 2.24) is 0 Å². The third-order valence-corrected chi connectivity index (χ3v) is 8.24. The molecule has 134 valence electrons. The Morgan fingerprint density at radius 1 is 0.577 bits per heavy atom. The number of hydrogen-bond acceptors (Lipinski definition) is 3. The predicted octanol–water partition coefficient (Wildman–Crippen LogP) is 4.58. The average molecular weight is 386 g/mol. The van der Waals surface area contributed by atoms with E-state index in [2.05, 4.69) is 3.77 Å². The molecule has 0 spiro atoms. The molecule has 1 atom stereocenters. The van der Waals surface area contributed by atoms with Gasteiger partial charge in [-0.25, -0.2) is 4.21 Å². The first-order valence-corrected chi connectivity index (χ1v) is 11.0. The largest absolute Gasteiger partial charge is 0.290 e. The quantitative estimate of drug-likeness (QED) is 0.660. The Morgan fingerprint density at radius 3 is 1.50 bits per heavy atom. The Bertz CT molecular complexity index is 1130. The van der Waals surface area contributed by atoms with E-state index in [4.69, 9.17) is 0 Å². The molecule has 3 rings (SSSR count). The number of nitrogens with zero attached hydrogens (tertiary/aromatic N) is 1. The van der Waals surface area contributed by atoms with Gasteiger partial charge in [-0.3, -0.25) is 0 Å². The van der Waals surface area contributed by atoms with Gasteiger partial charge in [0.1, 0.15) is 9.73 Å². The highest BCUT2D eigenvalue weighted by molar-refractivity contribution is 8.03. The van der Waals surface area contributed by atoms with Crippen molar-refractivity contribution in [1.29, 1.82) is 0 Å². The van der Waals surface area contributed by atoms with E-state index >= 15 is 0 Å². The monoisotopic (exact) mass is 385 g/mol. The predicted molar refractivity (Wildman–Crippen MR) is 103 cm³/mol. The second kappa shape index (κ2) is 7.05. The average Bonchev–Trinajstić information content (AvgIpc) is 2.63. The minimum Gasteiger partial charge on any atom is -0.239 e. The zero-order valence-corrected chi connectivity index (χ0v) is 16.1. The van der Waals surface area contributed by atoms with Crippen molar-refractivity contribution in [2.24, 2.45) is 3.77 Å². The normalized spacial score (nSPS) is 13.8. The third kappa shape index (κ3) is 3.71. The van der Waals surface area contributed by atoms with Gasteiger partial charge in [0.2, 0.25) is 0 Å². The van der Waals surface area contributed by atoms with Crippen LogP contribution in [0.15, 0.2) is 97.3 Å². The first-order chi connectivity index (χ1) is 12.3. The molecule has 4 nitrogen and oxygen atoms in total. The SMILES string of the molecule is Cc1ccc(S(=O)(=O)N=S(=O)(c2ccccc2)c2ccc(C)cc2)cc1. The summed E-state index contributed by atoms with van der Waals surface area (Å²) in [6, 6.07) is 21.8. The molecule has 6 heteroatoms. The smallest absolute Gasteiger partial charge is 0.239 e. The Kier molecular flexibility index (Phi) is 4.98. The van der Waals surface area contributed by atoms with E-state index in [1.807, 2.05) is 13.8 Å². The molecule has 0 aliphatic rings. The number of hydrogen-bond donors (Lipinski definition) is 0. The topological polar surface area (TPSA) is 63.6 Å². The summed E-state index contributed by atoms with van der Waals surface area (Å²) in [7, 11) is -7.43. The molecule has 0 amide bonds. The maximum Gasteiger partial charge on any atom is 0.290 e. The number of sulfonamides is 1. The van der Waals surface area contributed by atoms with Crippen molar-refractivity contribution in [3.63, 3.8) is 0 Å². The summed E-state index contributed by atoms with van der Waals surface area (Å²) in [5, 5.41) is 0. The molecular weight excluding hydrogens is 366 g/mol. The van der Waals surface area contributed by atoms with E-state index in [0.29, 0.717) is 9.79 Å². The van der Waals surface area contributed by atoms with Gasteiger partial charge in [-0.2, -0.15) is 8.42 Å². The lowest BCUT2D eigenvalue weighted by molar-refractivity contribution is 0.598. The van der Waals surface area contributed by atoms with Crippen LogP contribution in [0.2, 0.25) is 0 Å². The minimum absolute atomic E-state index is 0.0267. The molecule has 0 bridgehead atoms. The third-order valence-electron chi connectivity index (χ3n) is 3.93. The Morgan fingerprint density at radius 2 is 1.00 bits per heavy atom. The lowest BCUT2D eigenvalue weighted by Gasteiger charge is -2.11. The highest BCUT2D eigenvalue weighted by Crippen LogP contribution is 2.27. The number of benzene rings is 3. The molecule has 3 aromatic rings. The van der Waals surface area contributed by atoms with E-state index in [1.165, 1.54) is 12.1 Å². The summed E-state index contributed by atoms with van der Waals surface area (Å²) in [4.78, 5) is 0.753. The maximum atomic E-state index is 13.8. The van der Waals surface area contributed by atoms with Crippen molar-refractivity contribution >= 4 is 19.8 Å². The fourth-order valence-corrected chi connectivity index (χ4v) is 6.36. The van der Waals surface area contributed by atoms with Crippen LogP contribution in [0, 0.1) is 13.8 Å². The van der Waals surface area contributed by atoms with Gasteiger partial charge < -0.3 is 0 Å². The van der Waals surface area contributed by atoms with Gasteiger partial charge in [0, 0.05) is 0 Å². The molecule has 0 aliphatic carbocycles. The van der Waals surface area contributed by atoms with Crippen LogP contribution in [-0.4, -0.2) is 12.6 Å². The Hall–Kier alpha value is -2.44. The molecule has 3 aromatic carbocycles. The molecule has 0 N–H and O–H groups in total. The van der Waals surface area contributed by atoms with E-state index in [9.17, 15) is 12.6 Å². The summed E-state index contributed by atoms with van der Waals surface area (Å²) < 4.78 is 43.4. The minimum atomic E-state index is -4.09. The zero-order chi connectivity index (χ0) is 18.8. The van der Waals surface area contributed by atoms with Crippen molar-refractivity contribution in [2.45, 2.75) is 28.5 Å². The van der Waals surface area contributed by atoms with Gasteiger partial charge in [-0.15, -0.1) is 0 Å².